The van der Waals surface area contributed by atoms with Gasteiger partial charge in [0.25, 0.3) is 0 Å². The summed E-state index contributed by atoms with van der Waals surface area (Å²) in [5.41, 5.74) is 0. The zero-order valence-corrected chi connectivity index (χ0v) is 9.11. The molecule has 0 amide bonds. The lowest BCUT2D eigenvalue weighted by atomic mass is 10.2. The predicted molar refractivity (Wildman–Crippen MR) is 56.5 cm³/mol. The molecule has 2 heteroatoms. The van der Waals surface area contributed by atoms with Crippen molar-refractivity contribution in [2.24, 2.45) is 5.92 Å². The molecule has 1 N–H and O–H groups in total. The van der Waals surface area contributed by atoms with Gasteiger partial charge in [-0.2, -0.15) is 0 Å². The molecule has 0 rings (SSSR count). The third kappa shape index (κ3) is 12.3. The number of rotatable bonds is 5. The predicted octanol–water partition coefficient (Wildman–Crippen LogP) is 2.48. The minimum atomic E-state index is 0. The first-order valence-electron chi connectivity index (χ1n) is 4.89. The van der Waals surface area contributed by atoms with Crippen LogP contribution < -0.4 is 5.32 Å². The molecular weight excluding hydrogens is 150 g/mol. The van der Waals surface area contributed by atoms with E-state index in [-0.39, 0.29) is 1.43 Å². The fourth-order valence-electron chi connectivity index (χ4n) is 0.625. The molecule has 0 aliphatic carbocycles. The Labute approximate surface area is 78.2 Å². The molecule has 2 nitrogen and oxygen atoms in total. The Kier molecular flexibility index (Phi) is 12.6. The third-order valence-electron chi connectivity index (χ3n) is 1.27. The van der Waals surface area contributed by atoms with E-state index in [0.29, 0.717) is 24.7 Å². The summed E-state index contributed by atoms with van der Waals surface area (Å²) in [6.07, 6.45) is 0.644. The summed E-state index contributed by atoms with van der Waals surface area (Å²) in [6.45, 7) is 11.6. The number of ketones is 1. The Morgan fingerprint density at radius 1 is 1.42 bits per heavy atom. The van der Waals surface area contributed by atoms with Crippen LogP contribution in [0.15, 0.2) is 0 Å². The minimum Gasteiger partial charge on any atom is -0.310 e. The zero-order chi connectivity index (χ0) is 9.98. The molecular formula is C10H25NO. The Hall–Kier alpha value is -0.370. The van der Waals surface area contributed by atoms with Gasteiger partial charge in [0.1, 0.15) is 5.78 Å². The molecule has 0 aromatic carbocycles. The van der Waals surface area contributed by atoms with Gasteiger partial charge in [0.05, 0.1) is 6.54 Å². The van der Waals surface area contributed by atoms with E-state index in [2.05, 4.69) is 19.2 Å². The van der Waals surface area contributed by atoms with Crippen LogP contribution in [0, 0.1) is 5.92 Å². The lowest BCUT2D eigenvalue weighted by molar-refractivity contribution is -0.117. The summed E-state index contributed by atoms with van der Waals surface area (Å²) in [6, 6.07) is 0. The van der Waals surface area contributed by atoms with Gasteiger partial charge in [-0.05, 0) is 12.5 Å². The van der Waals surface area contributed by atoms with Crippen molar-refractivity contribution in [3.8, 4) is 0 Å². The second-order valence-electron chi connectivity index (χ2n) is 2.92. The molecule has 0 bridgehead atoms. The fraction of sp³-hybridized carbons (Fsp3) is 0.900. The van der Waals surface area contributed by atoms with E-state index in [4.69, 9.17) is 0 Å². The van der Waals surface area contributed by atoms with Crippen molar-refractivity contribution >= 4 is 5.78 Å². The first kappa shape index (κ1) is 14.2. The summed E-state index contributed by atoms with van der Waals surface area (Å²) in [5, 5.41) is 3.09. The Bertz CT molecular complexity index is 105. The van der Waals surface area contributed by atoms with Gasteiger partial charge in [-0.3, -0.25) is 4.79 Å². The normalized spacial score (nSPS) is 9.17. The standard InChI is InChI=1S/C8H17NO.C2H6.H2/c1-4-8(10)6-9-5-7(2)3;1-2;/h7,9H,4-6H2,1-3H3;1-2H3;1H. The zero-order valence-electron chi connectivity index (χ0n) is 9.11. The van der Waals surface area contributed by atoms with Crippen molar-refractivity contribution in [1.29, 1.82) is 0 Å². The molecule has 0 saturated heterocycles. The number of hydrogen-bond donors (Lipinski definition) is 1. The first-order chi connectivity index (χ1) is 5.66. The van der Waals surface area contributed by atoms with Crippen molar-refractivity contribution in [2.45, 2.75) is 41.0 Å². The van der Waals surface area contributed by atoms with Crippen molar-refractivity contribution in [1.82, 2.24) is 5.32 Å². The maximum atomic E-state index is 10.7. The van der Waals surface area contributed by atoms with E-state index in [1.54, 1.807) is 0 Å². The third-order valence-corrected chi connectivity index (χ3v) is 1.27. The number of carbonyl (C=O) groups is 1. The van der Waals surface area contributed by atoms with Gasteiger partial charge in [-0.25, -0.2) is 0 Å². The smallest absolute Gasteiger partial charge is 0.146 e. The van der Waals surface area contributed by atoms with Crippen molar-refractivity contribution in [2.75, 3.05) is 13.1 Å². The van der Waals surface area contributed by atoms with Crippen LogP contribution in [0.2, 0.25) is 0 Å². The average Bonchev–Trinajstić information content (AvgIpc) is 2.07. The van der Waals surface area contributed by atoms with Crippen LogP contribution in [0.25, 0.3) is 0 Å². The van der Waals surface area contributed by atoms with Crippen LogP contribution in [0.1, 0.15) is 42.5 Å². The van der Waals surface area contributed by atoms with E-state index in [9.17, 15) is 4.79 Å². The lowest BCUT2D eigenvalue weighted by Gasteiger charge is -2.04. The van der Waals surface area contributed by atoms with E-state index in [1.165, 1.54) is 0 Å². The van der Waals surface area contributed by atoms with E-state index >= 15 is 0 Å². The molecule has 0 unspecified atom stereocenters. The van der Waals surface area contributed by atoms with E-state index in [1.807, 2.05) is 20.8 Å². The number of Topliss-reactive ketones (excluding diaryl/α,β-unsaturated/α-hetero) is 1. The monoisotopic (exact) mass is 175 g/mol. The molecule has 0 aliphatic heterocycles. The van der Waals surface area contributed by atoms with Crippen LogP contribution in [-0.2, 0) is 4.79 Å². The van der Waals surface area contributed by atoms with Crippen molar-refractivity contribution < 1.29 is 6.22 Å². The van der Waals surface area contributed by atoms with Crippen molar-refractivity contribution in [3.05, 3.63) is 0 Å². The van der Waals surface area contributed by atoms with Gasteiger partial charge in [-0.15, -0.1) is 0 Å². The maximum absolute atomic E-state index is 10.7. The highest BCUT2D eigenvalue weighted by atomic mass is 16.1. The van der Waals surface area contributed by atoms with Gasteiger partial charge in [0, 0.05) is 7.85 Å². The average molecular weight is 175 g/mol. The SMILES string of the molecule is CC.CCC(=O)CNCC(C)C.[HH]. The molecule has 0 aliphatic rings. The molecule has 76 valence electrons. The summed E-state index contributed by atoms with van der Waals surface area (Å²) < 4.78 is 0. The highest BCUT2D eigenvalue weighted by Crippen LogP contribution is 1.86. The molecule has 0 spiro atoms. The van der Waals surface area contributed by atoms with Gasteiger partial charge in [0.2, 0.25) is 0 Å². The Morgan fingerprint density at radius 2 is 1.92 bits per heavy atom. The topological polar surface area (TPSA) is 29.1 Å². The van der Waals surface area contributed by atoms with E-state index in [0.717, 1.165) is 6.54 Å². The van der Waals surface area contributed by atoms with E-state index < -0.39 is 0 Å². The number of nitrogens with one attached hydrogen (secondary N) is 1. The van der Waals surface area contributed by atoms with Gasteiger partial charge in [-0.1, -0.05) is 34.6 Å². The summed E-state index contributed by atoms with van der Waals surface area (Å²) in [5.74, 6) is 0.922. The second-order valence-corrected chi connectivity index (χ2v) is 2.92. The van der Waals surface area contributed by atoms with Crippen LogP contribution in [0.3, 0.4) is 0 Å². The van der Waals surface area contributed by atoms with Crippen molar-refractivity contribution in [3.63, 3.8) is 0 Å². The molecule has 0 radical (unpaired) electrons. The summed E-state index contributed by atoms with van der Waals surface area (Å²) in [7, 11) is 0. The molecule has 0 atom stereocenters. The maximum Gasteiger partial charge on any atom is 0.146 e. The van der Waals surface area contributed by atoms with Gasteiger partial charge >= 0.3 is 0 Å². The molecule has 0 aromatic heterocycles. The van der Waals surface area contributed by atoms with Gasteiger partial charge < -0.3 is 5.32 Å². The fourth-order valence-corrected chi connectivity index (χ4v) is 0.625. The molecule has 12 heavy (non-hydrogen) atoms. The van der Waals surface area contributed by atoms with Crippen LogP contribution in [0.4, 0.5) is 0 Å². The Balaban J connectivity index is -0.000000309. The highest BCUT2D eigenvalue weighted by Gasteiger charge is 1.97. The molecule has 0 heterocycles. The van der Waals surface area contributed by atoms with Crippen LogP contribution in [0.5, 0.6) is 0 Å². The lowest BCUT2D eigenvalue weighted by Crippen LogP contribution is -2.25. The molecule has 0 fully saturated rings. The molecule has 0 aromatic rings. The Morgan fingerprint density at radius 3 is 2.25 bits per heavy atom. The first-order valence-corrected chi connectivity index (χ1v) is 4.89. The second kappa shape index (κ2) is 10.6. The summed E-state index contributed by atoms with van der Waals surface area (Å²) >= 11 is 0. The number of carbonyl (C=O) groups excluding carboxylic acids is 1. The quantitative estimate of drug-likeness (QED) is 0.695. The minimum absolute atomic E-state index is 0. The van der Waals surface area contributed by atoms with Gasteiger partial charge in [0.15, 0.2) is 0 Å². The highest BCUT2D eigenvalue weighted by molar-refractivity contribution is 5.80. The number of hydrogen-bond acceptors (Lipinski definition) is 2. The van der Waals surface area contributed by atoms with Crippen LogP contribution >= 0.6 is 0 Å². The summed E-state index contributed by atoms with van der Waals surface area (Å²) in [4.78, 5) is 10.7. The van der Waals surface area contributed by atoms with Crippen LogP contribution in [-0.4, -0.2) is 18.9 Å². The molecule has 0 saturated carbocycles. The largest absolute Gasteiger partial charge is 0.310 e.